The van der Waals surface area contributed by atoms with Crippen LogP contribution in [0.4, 0.5) is 4.39 Å². The van der Waals surface area contributed by atoms with Crippen molar-refractivity contribution in [2.45, 2.75) is 32.6 Å². The van der Waals surface area contributed by atoms with Gasteiger partial charge in [-0.15, -0.1) is 0 Å². The summed E-state index contributed by atoms with van der Waals surface area (Å²) < 4.78 is 23.6. The summed E-state index contributed by atoms with van der Waals surface area (Å²) in [5.41, 5.74) is -0.116. The van der Waals surface area contributed by atoms with Gasteiger partial charge in [0.1, 0.15) is 0 Å². The fraction of sp³-hybridized carbons (Fsp3) is 0.467. The minimum absolute atomic E-state index is 0.0328. The van der Waals surface area contributed by atoms with E-state index in [9.17, 15) is 14.0 Å². The summed E-state index contributed by atoms with van der Waals surface area (Å²) >= 11 is 0. The van der Waals surface area contributed by atoms with E-state index in [0.29, 0.717) is 32.5 Å². The van der Waals surface area contributed by atoms with Crippen LogP contribution in [-0.4, -0.2) is 30.3 Å². The Kier molecular flexibility index (Phi) is 7.21. The molecule has 0 aromatic heterocycles. The van der Waals surface area contributed by atoms with Crippen molar-refractivity contribution >= 4 is 11.9 Å². The average Bonchev–Trinajstić information content (AvgIpc) is 2.44. The zero-order valence-corrected chi connectivity index (χ0v) is 11.9. The highest BCUT2D eigenvalue weighted by atomic mass is 19.1. The first-order valence-electron chi connectivity index (χ1n) is 6.86. The summed E-state index contributed by atoms with van der Waals surface area (Å²) in [5.74, 6) is -2.06. The molecule has 1 aromatic rings. The molecule has 0 amide bonds. The molecule has 0 aliphatic rings. The lowest BCUT2D eigenvalue weighted by atomic mass is 10.2. The van der Waals surface area contributed by atoms with E-state index in [4.69, 9.17) is 14.6 Å². The van der Waals surface area contributed by atoms with Crippen LogP contribution >= 0.6 is 0 Å². The van der Waals surface area contributed by atoms with E-state index in [1.807, 2.05) is 0 Å². The highest BCUT2D eigenvalue weighted by Gasteiger charge is 2.09. The molecular formula is C15H19FO5. The van der Waals surface area contributed by atoms with Crippen molar-refractivity contribution in [3.63, 3.8) is 0 Å². The van der Waals surface area contributed by atoms with Crippen LogP contribution in [0, 0.1) is 5.82 Å². The Hall–Kier alpha value is -2.11. The number of hydrogen-bond acceptors (Lipinski definition) is 4. The Morgan fingerprint density at radius 1 is 1.24 bits per heavy atom. The minimum atomic E-state index is -1.18. The lowest BCUT2D eigenvalue weighted by molar-refractivity contribution is -0.143. The van der Waals surface area contributed by atoms with Gasteiger partial charge in [-0.2, -0.15) is 0 Å². The fourth-order valence-corrected chi connectivity index (χ4v) is 1.71. The third-order valence-corrected chi connectivity index (χ3v) is 2.77. The van der Waals surface area contributed by atoms with E-state index in [1.165, 1.54) is 12.1 Å². The van der Waals surface area contributed by atoms with Crippen LogP contribution in [0.25, 0.3) is 0 Å². The molecule has 6 heteroatoms. The number of aromatic carboxylic acids is 1. The molecule has 0 atom stereocenters. The molecule has 0 aliphatic heterocycles. The molecule has 0 fully saturated rings. The van der Waals surface area contributed by atoms with E-state index in [2.05, 4.69) is 0 Å². The number of ether oxygens (including phenoxy) is 2. The van der Waals surface area contributed by atoms with Crippen LogP contribution in [0.15, 0.2) is 18.2 Å². The van der Waals surface area contributed by atoms with Crippen LogP contribution < -0.4 is 4.74 Å². The number of unbranched alkanes of at least 4 members (excludes halogenated alkanes) is 2. The highest BCUT2D eigenvalue weighted by Crippen LogP contribution is 2.18. The van der Waals surface area contributed by atoms with Gasteiger partial charge in [0, 0.05) is 6.42 Å². The lowest BCUT2D eigenvalue weighted by Gasteiger charge is -2.07. The number of carbonyl (C=O) groups is 2. The Morgan fingerprint density at radius 2 is 2.00 bits per heavy atom. The van der Waals surface area contributed by atoms with Gasteiger partial charge in [0.2, 0.25) is 0 Å². The maximum absolute atomic E-state index is 13.5. The van der Waals surface area contributed by atoms with E-state index < -0.39 is 11.8 Å². The molecule has 1 rings (SSSR count). The van der Waals surface area contributed by atoms with Gasteiger partial charge in [-0.05, 0) is 44.4 Å². The second-order valence-corrected chi connectivity index (χ2v) is 4.41. The Bertz CT molecular complexity index is 487. The van der Waals surface area contributed by atoms with E-state index in [0.717, 1.165) is 12.5 Å². The first-order chi connectivity index (χ1) is 10.0. The first kappa shape index (κ1) is 16.9. The Balaban J connectivity index is 2.24. The molecular weight excluding hydrogens is 279 g/mol. The number of halogens is 1. The van der Waals surface area contributed by atoms with Crippen molar-refractivity contribution in [1.82, 2.24) is 0 Å². The largest absolute Gasteiger partial charge is 0.491 e. The highest BCUT2D eigenvalue weighted by molar-refractivity contribution is 5.87. The second-order valence-electron chi connectivity index (χ2n) is 4.41. The third-order valence-electron chi connectivity index (χ3n) is 2.77. The number of carboxylic acid groups (broad SMARTS) is 1. The quantitative estimate of drug-likeness (QED) is 0.560. The van der Waals surface area contributed by atoms with Crippen LogP contribution in [0.1, 0.15) is 43.0 Å². The van der Waals surface area contributed by atoms with Crippen molar-refractivity contribution in [3.8, 4) is 5.75 Å². The Morgan fingerprint density at radius 3 is 2.62 bits per heavy atom. The van der Waals surface area contributed by atoms with E-state index in [1.54, 1.807) is 6.92 Å². The molecule has 0 unspecified atom stereocenters. The Labute approximate surface area is 122 Å². The molecule has 21 heavy (non-hydrogen) atoms. The number of carboxylic acids is 1. The van der Waals surface area contributed by atoms with Crippen molar-refractivity contribution < 1.29 is 28.6 Å². The number of benzene rings is 1. The minimum Gasteiger partial charge on any atom is -0.491 e. The van der Waals surface area contributed by atoms with Gasteiger partial charge >= 0.3 is 11.9 Å². The first-order valence-corrected chi connectivity index (χ1v) is 6.86. The summed E-state index contributed by atoms with van der Waals surface area (Å²) in [4.78, 5) is 21.7. The van der Waals surface area contributed by atoms with Gasteiger partial charge in [0.05, 0.1) is 18.8 Å². The average molecular weight is 298 g/mol. The smallest absolute Gasteiger partial charge is 0.335 e. The van der Waals surface area contributed by atoms with Gasteiger partial charge in [-0.1, -0.05) is 0 Å². The summed E-state index contributed by atoms with van der Waals surface area (Å²) in [7, 11) is 0. The molecule has 0 saturated carbocycles. The predicted molar refractivity (Wildman–Crippen MR) is 74.0 cm³/mol. The van der Waals surface area contributed by atoms with Crippen LogP contribution in [0.2, 0.25) is 0 Å². The van der Waals surface area contributed by atoms with Gasteiger partial charge in [0.25, 0.3) is 0 Å². The van der Waals surface area contributed by atoms with E-state index in [-0.39, 0.29) is 17.3 Å². The standard InChI is InChI=1S/C15H19FO5/c1-2-20-14(17)6-4-3-5-9-21-13-8-7-11(15(18)19)10-12(13)16/h7-8,10H,2-6,9H2,1H3,(H,18,19). The predicted octanol–water partition coefficient (Wildman–Crippen LogP) is 3.03. The number of carbonyl (C=O) groups excluding carboxylic acids is 1. The zero-order chi connectivity index (χ0) is 15.7. The molecule has 0 spiro atoms. The van der Waals surface area contributed by atoms with Crippen LogP contribution in [0.5, 0.6) is 5.75 Å². The second kappa shape index (κ2) is 8.94. The fourth-order valence-electron chi connectivity index (χ4n) is 1.71. The molecule has 0 heterocycles. The molecule has 0 bridgehead atoms. The van der Waals surface area contributed by atoms with Gasteiger partial charge in [-0.25, -0.2) is 9.18 Å². The van der Waals surface area contributed by atoms with Crippen molar-refractivity contribution in [1.29, 1.82) is 0 Å². The van der Waals surface area contributed by atoms with Gasteiger partial charge < -0.3 is 14.6 Å². The molecule has 1 N–H and O–H groups in total. The van der Waals surface area contributed by atoms with Crippen molar-refractivity contribution in [3.05, 3.63) is 29.6 Å². The van der Waals surface area contributed by atoms with E-state index >= 15 is 0 Å². The van der Waals surface area contributed by atoms with Crippen molar-refractivity contribution in [2.75, 3.05) is 13.2 Å². The zero-order valence-electron chi connectivity index (χ0n) is 11.9. The third kappa shape index (κ3) is 6.25. The summed E-state index contributed by atoms with van der Waals surface area (Å²) in [6, 6.07) is 3.53. The maximum atomic E-state index is 13.5. The van der Waals surface area contributed by atoms with Crippen LogP contribution in [0.3, 0.4) is 0 Å². The number of hydrogen-bond donors (Lipinski definition) is 1. The number of rotatable bonds is 9. The summed E-state index contributed by atoms with van der Waals surface area (Å²) in [6.45, 7) is 2.45. The van der Waals surface area contributed by atoms with Crippen molar-refractivity contribution in [2.24, 2.45) is 0 Å². The summed E-state index contributed by atoms with van der Waals surface area (Å²) in [5, 5.41) is 8.71. The monoisotopic (exact) mass is 298 g/mol. The molecule has 0 radical (unpaired) electrons. The topological polar surface area (TPSA) is 72.8 Å². The maximum Gasteiger partial charge on any atom is 0.335 e. The normalized spacial score (nSPS) is 10.2. The number of esters is 1. The molecule has 5 nitrogen and oxygen atoms in total. The van der Waals surface area contributed by atoms with Gasteiger partial charge in [-0.3, -0.25) is 4.79 Å². The summed E-state index contributed by atoms with van der Waals surface area (Å²) in [6.07, 6.45) is 2.52. The SMILES string of the molecule is CCOC(=O)CCCCCOc1ccc(C(=O)O)cc1F. The van der Waals surface area contributed by atoms with Crippen LogP contribution in [-0.2, 0) is 9.53 Å². The molecule has 1 aromatic carbocycles. The molecule has 0 saturated heterocycles. The van der Waals surface area contributed by atoms with Gasteiger partial charge in [0.15, 0.2) is 11.6 Å². The molecule has 0 aliphatic carbocycles. The molecule has 116 valence electrons. The lowest BCUT2D eigenvalue weighted by Crippen LogP contribution is -2.04.